The molecule has 4 rings (SSSR count). The average molecular weight is 433 g/mol. The van der Waals surface area contributed by atoms with Crippen molar-refractivity contribution < 1.29 is 9.53 Å². The number of carbonyl (C=O) groups excluding carboxylic acids is 1. The molecule has 0 N–H and O–H groups in total. The minimum absolute atomic E-state index is 0.162. The zero-order valence-electron chi connectivity index (χ0n) is 16.9. The molecule has 2 aliphatic rings. The highest BCUT2D eigenvalue weighted by Crippen LogP contribution is 2.42. The number of ketones is 1. The van der Waals surface area contributed by atoms with Crippen molar-refractivity contribution in [3.8, 4) is 5.75 Å². The molecule has 1 saturated heterocycles. The third kappa shape index (κ3) is 3.57. The molecular formula is C23H26Cl2N2O2. The van der Waals surface area contributed by atoms with Gasteiger partial charge >= 0.3 is 0 Å². The molecule has 0 aliphatic carbocycles. The average Bonchev–Trinajstić information content (AvgIpc) is 3.25. The van der Waals surface area contributed by atoms with Gasteiger partial charge in [-0.05, 0) is 61.7 Å². The number of rotatable bonds is 5. The highest BCUT2D eigenvalue weighted by atomic mass is 35.5. The second-order valence-electron chi connectivity index (χ2n) is 7.91. The first-order valence-electron chi connectivity index (χ1n) is 10.1. The van der Waals surface area contributed by atoms with E-state index in [2.05, 4.69) is 29.0 Å². The number of halogens is 2. The molecule has 0 aromatic heterocycles. The van der Waals surface area contributed by atoms with Crippen molar-refractivity contribution in [2.75, 3.05) is 33.8 Å². The van der Waals surface area contributed by atoms with Crippen molar-refractivity contribution in [2.24, 2.45) is 0 Å². The van der Waals surface area contributed by atoms with Gasteiger partial charge in [0, 0.05) is 31.6 Å². The predicted octanol–water partition coefficient (Wildman–Crippen LogP) is 4.55. The van der Waals surface area contributed by atoms with E-state index in [1.54, 1.807) is 19.2 Å². The van der Waals surface area contributed by atoms with Crippen LogP contribution in [0.25, 0.3) is 0 Å². The molecule has 0 amide bonds. The van der Waals surface area contributed by atoms with E-state index in [1.807, 2.05) is 12.1 Å². The zero-order chi connectivity index (χ0) is 20.6. The van der Waals surface area contributed by atoms with E-state index in [1.165, 1.54) is 5.56 Å². The van der Waals surface area contributed by atoms with Crippen LogP contribution in [0.4, 0.5) is 0 Å². The molecule has 4 nitrogen and oxygen atoms in total. The molecule has 0 saturated carbocycles. The van der Waals surface area contributed by atoms with Crippen LogP contribution >= 0.6 is 23.2 Å². The van der Waals surface area contributed by atoms with Crippen LogP contribution in [-0.4, -0.2) is 49.4 Å². The molecule has 29 heavy (non-hydrogen) atoms. The molecule has 0 radical (unpaired) electrons. The van der Waals surface area contributed by atoms with E-state index >= 15 is 0 Å². The molecule has 2 aromatic carbocycles. The number of hydrogen-bond donors (Lipinski definition) is 0. The summed E-state index contributed by atoms with van der Waals surface area (Å²) in [5.74, 6) is 0.944. The highest BCUT2D eigenvalue weighted by Gasteiger charge is 2.52. The third-order valence-electron chi connectivity index (χ3n) is 6.26. The van der Waals surface area contributed by atoms with Gasteiger partial charge in [0.05, 0.1) is 17.2 Å². The van der Waals surface area contributed by atoms with Crippen molar-refractivity contribution in [3.05, 3.63) is 63.1 Å². The Morgan fingerprint density at radius 3 is 2.52 bits per heavy atom. The van der Waals surface area contributed by atoms with Crippen molar-refractivity contribution in [1.29, 1.82) is 0 Å². The van der Waals surface area contributed by atoms with E-state index in [-0.39, 0.29) is 5.78 Å². The summed E-state index contributed by atoms with van der Waals surface area (Å²) in [7, 11) is 3.73. The summed E-state index contributed by atoms with van der Waals surface area (Å²) in [6.07, 6.45) is 3.43. The lowest BCUT2D eigenvalue weighted by Crippen LogP contribution is -2.63. The number of carbonyl (C=O) groups is 1. The molecule has 2 aliphatic heterocycles. The number of likely N-dealkylation sites (tertiary alicyclic amines) is 1. The summed E-state index contributed by atoms with van der Waals surface area (Å²) in [5, 5.41) is 0.980. The van der Waals surface area contributed by atoms with E-state index in [0.29, 0.717) is 16.5 Å². The molecule has 0 spiro atoms. The van der Waals surface area contributed by atoms with E-state index in [0.717, 1.165) is 55.8 Å². The van der Waals surface area contributed by atoms with Gasteiger partial charge in [-0.15, -0.1) is 0 Å². The summed E-state index contributed by atoms with van der Waals surface area (Å²) in [4.78, 5) is 18.6. The normalized spacial score (nSPS) is 22.5. The lowest BCUT2D eigenvalue weighted by atomic mass is 9.81. The number of nitrogens with zero attached hydrogens (tertiary/aromatic N) is 2. The Morgan fingerprint density at radius 1 is 1.07 bits per heavy atom. The topological polar surface area (TPSA) is 32.8 Å². The maximum absolute atomic E-state index is 14.0. The van der Waals surface area contributed by atoms with E-state index in [9.17, 15) is 4.79 Å². The number of fused-ring (bicyclic) bond motifs is 1. The van der Waals surface area contributed by atoms with Crippen molar-refractivity contribution in [3.63, 3.8) is 0 Å². The van der Waals surface area contributed by atoms with Gasteiger partial charge in [-0.3, -0.25) is 14.6 Å². The Kier molecular flexibility index (Phi) is 5.90. The summed E-state index contributed by atoms with van der Waals surface area (Å²) in [6.45, 7) is 2.66. The summed E-state index contributed by atoms with van der Waals surface area (Å²) in [5.41, 5.74) is 2.37. The van der Waals surface area contributed by atoms with Crippen LogP contribution < -0.4 is 4.74 Å². The molecule has 2 heterocycles. The van der Waals surface area contributed by atoms with Crippen LogP contribution in [0.2, 0.25) is 10.0 Å². The molecule has 1 unspecified atom stereocenters. The smallest absolute Gasteiger partial charge is 0.176 e. The molecular weight excluding hydrogens is 407 g/mol. The fraction of sp³-hybridized carbons (Fsp3) is 0.435. The largest absolute Gasteiger partial charge is 0.497 e. The second-order valence-corrected chi connectivity index (χ2v) is 8.72. The number of methoxy groups -OCH3 is 1. The van der Waals surface area contributed by atoms with Crippen LogP contribution in [0, 0.1) is 0 Å². The number of hydrogen-bond acceptors (Lipinski definition) is 4. The molecule has 0 bridgehead atoms. The number of ether oxygens (including phenoxy) is 1. The quantitative estimate of drug-likeness (QED) is 0.693. The number of Topliss-reactive ketones (excluding diaryl/α,β-unsaturated/α-hetero) is 1. The first-order valence-corrected chi connectivity index (χ1v) is 10.8. The molecule has 1 fully saturated rings. The Morgan fingerprint density at radius 2 is 1.83 bits per heavy atom. The highest BCUT2D eigenvalue weighted by molar-refractivity contribution is 6.42. The van der Waals surface area contributed by atoms with Gasteiger partial charge in [0.25, 0.3) is 0 Å². The van der Waals surface area contributed by atoms with Crippen LogP contribution in [0.15, 0.2) is 36.4 Å². The zero-order valence-corrected chi connectivity index (χ0v) is 18.4. The Balaban J connectivity index is 1.83. The third-order valence-corrected chi connectivity index (χ3v) is 7.00. The number of likely N-dealkylation sites (N-methyl/N-ethyl adjacent to an activating group) is 1. The Bertz CT molecular complexity index is 927. The van der Waals surface area contributed by atoms with E-state index in [4.69, 9.17) is 27.9 Å². The Hall–Kier alpha value is -1.59. The monoisotopic (exact) mass is 432 g/mol. The van der Waals surface area contributed by atoms with Gasteiger partial charge in [-0.2, -0.15) is 0 Å². The predicted molar refractivity (Wildman–Crippen MR) is 117 cm³/mol. The van der Waals surface area contributed by atoms with Crippen molar-refractivity contribution in [1.82, 2.24) is 9.80 Å². The summed E-state index contributed by atoms with van der Waals surface area (Å²) < 4.78 is 5.52. The Labute approximate surface area is 182 Å². The van der Waals surface area contributed by atoms with Crippen LogP contribution in [0.5, 0.6) is 5.75 Å². The first kappa shape index (κ1) is 20.7. The first-order chi connectivity index (χ1) is 14.0. The van der Waals surface area contributed by atoms with Gasteiger partial charge < -0.3 is 4.74 Å². The van der Waals surface area contributed by atoms with Crippen molar-refractivity contribution >= 4 is 29.0 Å². The minimum atomic E-state index is -0.787. The fourth-order valence-electron chi connectivity index (χ4n) is 4.83. The summed E-state index contributed by atoms with van der Waals surface area (Å²) >= 11 is 12.3. The number of benzene rings is 2. The van der Waals surface area contributed by atoms with Gasteiger partial charge in [-0.1, -0.05) is 35.3 Å². The van der Waals surface area contributed by atoms with Gasteiger partial charge in [0.2, 0.25) is 0 Å². The standard InChI is InChI=1S/C23H26Cl2N2O2/c1-26-12-9-17-6-7-18(29-2)15-19(17)23(26,27-10-3-4-11-27)22(28)14-16-5-8-20(24)21(25)13-16/h5-8,13,15H,3-4,9-12,14H2,1-2H3. The maximum atomic E-state index is 14.0. The SMILES string of the molecule is COc1ccc2c(c1)C(C(=O)Cc1ccc(Cl)c(Cl)c1)(N1CCCC1)N(C)CC2. The maximum Gasteiger partial charge on any atom is 0.176 e. The van der Waals surface area contributed by atoms with Gasteiger partial charge in [-0.25, -0.2) is 0 Å². The van der Waals surface area contributed by atoms with Gasteiger partial charge in [0.15, 0.2) is 11.4 Å². The lowest BCUT2D eigenvalue weighted by molar-refractivity contribution is -0.146. The molecule has 1 atom stereocenters. The van der Waals surface area contributed by atoms with Crippen LogP contribution in [0.3, 0.4) is 0 Å². The van der Waals surface area contributed by atoms with Gasteiger partial charge in [0.1, 0.15) is 5.75 Å². The second kappa shape index (κ2) is 8.27. The minimum Gasteiger partial charge on any atom is -0.497 e. The molecule has 2 aromatic rings. The fourth-order valence-corrected chi connectivity index (χ4v) is 5.15. The molecule has 6 heteroatoms. The lowest BCUT2D eigenvalue weighted by Gasteiger charge is -2.50. The van der Waals surface area contributed by atoms with Crippen LogP contribution in [0.1, 0.15) is 29.5 Å². The van der Waals surface area contributed by atoms with E-state index < -0.39 is 5.66 Å². The van der Waals surface area contributed by atoms with Crippen LogP contribution in [-0.2, 0) is 23.3 Å². The van der Waals surface area contributed by atoms with Crippen molar-refractivity contribution in [2.45, 2.75) is 31.3 Å². The molecule has 154 valence electrons. The summed E-state index contributed by atoms with van der Waals surface area (Å²) in [6, 6.07) is 11.6.